The molecule has 17 heavy (non-hydrogen) atoms. The van der Waals surface area contributed by atoms with Crippen LogP contribution in [-0.2, 0) is 4.79 Å². The fourth-order valence-corrected chi connectivity index (χ4v) is 1.96. The summed E-state index contributed by atoms with van der Waals surface area (Å²) in [6, 6.07) is 15.6. The molecular weight excluding hydrogens is 215 g/mol. The molecule has 0 saturated carbocycles. The van der Waals surface area contributed by atoms with Gasteiger partial charge in [-0.2, -0.15) is 0 Å². The van der Waals surface area contributed by atoms with Crippen LogP contribution in [0.25, 0.3) is 0 Å². The normalized spacial score (nSPS) is 12.1. The Morgan fingerprint density at radius 3 is 2.00 bits per heavy atom. The van der Waals surface area contributed by atoms with Gasteiger partial charge in [-0.15, -0.1) is 0 Å². The van der Waals surface area contributed by atoms with Crippen LogP contribution in [0.15, 0.2) is 54.6 Å². The van der Waals surface area contributed by atoms with E-state index in [1.807, 2.05) is 30.3 Å². The van der Waals surface area contributed by atoms with Crippen LogP contribution in [0.3, 0.4) is 0 Å². The van der Waals surface area contributed by atoms with Gasteiger partial charge in [0.05, 0.1) is 5.92 Å². The fourth-order valence-electron chi connectivity index (χ4n) is 1.96. The van der Waals surface area contributed by atoms with E-state index in [2.05, 4.69) is 0 Å². The summed E-state index contributed by atoms with van der Waals surface area (Å²) in [5, 5.41) is 0. The van der Waals surface area contributed by atoms with Crippen LogP contribution in [0.2, 0.25) is 0 Å². The SMILES string of the molecule is CC(=O)[C@@H](c1ccccc1)c1ccc(F)cc1. The summed E-state index contributed by atoms with van der Waals surface area (Å²) in [6.07, 6.45) is 0. The van der Waals surface area contributed by atoms with Crippen LogP contribution >= 0.6 is 0 Å². The molecule has 2 aromatic carbocycles. The summed E-state index contributed by atoms with van der Waals surface area (Å²) in [5.41, 5.74) is 1.76. The third-order valence-electron chi connectivity index (χ3n) is 2.74. The van der Waals surface area contributed by atoms with Crippen molar-refractivity contribution in [2.45, 2.75) is 12.8 Å². The highest BCUT2D eigenvalue weighted by Gasteiger charge is 2.18. The van der Waals surface area contributed by atoms with Gasteiger partial charge in [-0.25, -0.2) is 4.39 Å². The Balaban J connectivity index is 2.43. The Morgan fingerprint density at radius 1 is 0.941 bits per heavy atom. The molecule has 2 heteroatoms. The van der Waals surface area contributed by atoms with Gasteiger partial charge < -0.3 is 0 Å². The largest absolute Gasteiger partial charge is 0.299 e. The lowest BCUT2D eigenvalue weighted by molar-refractivity contribution is -0.117. The molecule has 0 aliphatic rings. The Hall–Kier alpha value is -1.96. The van der Waals surface area contributed by atoms with E-state index in [1.54, 1.807) is 19.1 Å². The molecule has 0 N–H and O–H groups in total. The van der Waals surface area contributed by atoms with E-state index in [4.69, 9.17) is 0 Å². The molecular formula is C15H13FO. The third kappa shape index (κ3) is 2.59. The second kappa shape index (κ2) is 4.91. The minimum atomic E-state index is -0.309. The van der Waals surface area contributed by atoms with Crippen LogP contribution < -0.4 is 0 Å². The summed E-state index contributed by atoms with van der Waals surface area (Å²) in [5.74, 6) is -0.538. The molecule has 0 spiro atoms. The molecule has 1 nitrogen and oxygen atoms in total. The quantitative estimate of drug-likeness (QED) is 0.785. The molecule has 0 amide bonds. The predicted molar refractivity (Wildman–Crippen MR) is 65.4 cm³/mol. The fraction of sp³-hybridized carbons (Fsp3) is 0.133. The van der Waals surface area contributed by atoms with Crippen LogP contribution in [0.4, 0.5) is 4.39 Å². The second-order valence-corrected chi connectivity index (χ2v) is 4.01. The van der Waals surface area contributed by atoms with Gasteiger partial charge in [0.1, 0.15) is 11.6 Å². The molecule has 0 fully saturated rings. The van der Waals surface area contributed by atoms with Gasteiger partial charge in [0.2, 0.25) is 0 Å². The van der Waals surface area contributed by atoms with Crippen molar-refractivity contribution in [3.63, 3.8) is 0 Å². The van der Waals surface area contributed by atoms with Crippen LogP contribution in [0.1, 0.15) is 24.0 Å². The smallest absolute Gasteiger partial charge is 0.141 e. The second-order valence-electron chi connectivity index (χ2n) is 4.01. The Morgan fingerprint density at radius 2 is 1.47 bits per heavy atom. The monoisotopic (exact) mass is 228 g/mol. The van der Waals surface area contributed by atoms with E-state index in [9.17, 15) is 9.18 Å². The molecule has 0 aliphatic heterocycles. The average Bonchev–Trinajstić information content (AvgIpc) is 2.33. The number of ketones is 1. The molecule has 0 radical (unpaired) electrons. The summed E-state index contributed by atoms with van der Waals surface area (Å²) in [6.45, 7) is 1.56. The molecule has 2 aromatic rings. The highest BCUT2D eigenvalue weighted by atomic mass is 19.1. The molecule has 0 bridgehead atoms. The van der Waals surface area contributed by atoms with Crippen molar-refractivity contribution in [1.29, 1.82) is 0 Å². The van der Waals surface area contributed by atoms with Gasteiger partial charge in [-0.3, -0.25) is 4.79 Å². The van der Waals surface area contributed by atoms with Crippen molar-refractivity contribution in [1.82, 2.24) is 0 Å². The molecule has 86 valence electrons. The lowest BCUT2D eigenvalue weighted by Gasteiger charge is -2.14. The first-order valence-electron chi connectivity index (χ1n) is 5.49. The summed E-state index contributed by atoms with van der Waals surface area (Å²) in [4.78, 5) is 11.7. The highest BCUT2D eigenvalue weighted by Crippen LogP contribution is 2.25. The molecule has 0 unspecified atom stereocenters. The van der Waals surface area contributed by atoms with Crippen molar-refractivity contribution in [2.24, 2.45) is 0 Å². The number of halogens is 1. The average molecular weight is 228 g/mol. The minimum absolute atomic E-state index is 0.0582. The zero-order valence-electron chi connectivity index (χ0n) is 9.56. The van der Waals surface area contributed by atoms with Crippen LogP contribution in [-0.4, -0.2) is 5.78 Å². The number of Topliss-reactive ketones (excluding diaryl/α,β-unsaturated/α-hetero) is 1. The molecule has 0 heterocycles. The standard InChI is InChI=1S/C15H13FO/c1-11(17)15(12-5-3-2-4-6-12)13-7-9-14(16)10-8-13/h2-10,15H,1H3/t15-/m0/s1. The van der Waals surface area contributed by atoms with Crippen molar-refractivity contribution < 1.29 is 9.18 Å². The predicted octanol–water partition coefficient (Wildman–Crippen LogP) is 3.55. The zero-order chi connectivity index (χ0) is 12.3. The number of carbonyl (C=O) groups is 1. The number of hydrogen-bond donors (Lipinski definition) is 0. The van der Waals surface area contributed by atoms with Crippen LogP contribution in [0.5, 0.6) is 0 Å². The summed E-state index contributed by atoms with van der Waals surface area (Å²) >= 11 is 0. The summed E-state index contributed by atoms with van der Waals surface area (Å²) in [7, 11) is 0. The van der Waals surface area contributed by atoms with Gasteiger partial charge in [0.15, 0.2) is 0 Å². The first kappa shape index (κ1) is 11.5. The first-order chi connectivity index (χ1) is 8.18. The lowest BCUT2D eigenvalue weighted by atomic mass is 9.88. The maximum absolute atomic E-state index is 12.9. The molecule has 2 rings (SSSR count). The third-order valence-corrected chi connectivity index (χ3v) is 2.74. The number of carbonyl (C=O) groups excluding carboxylic acids is 1. The van der Waals surface area contributed by atoms with Gasteiger partial charge >= 0.3 is 0 Å². The van der Waals surface area contributed by atoms with Crippen LogP contribution in [0, 0.1) is 5.82 Å². The maximum Gasteiger partial charge on any atom is 0.141 e. The molecule has 0 aromatic heterocycles. The Bertz CT molecular complexity index is 502. The molecule has 0 saturated heterocycles. The van der Waals surface area contributed by atoms with E-state index in [1.165, 1.54) is 12.1 Å². The minimum Gasteiger partial charge on any atom is -0.299 e. The first-order valence-corrected chi connectivity index (χ1v) is 5.49. The van der Waals surface area contributed by atoms with Crippen molar-refractivity contribution >= 4 is 5.78 Å². The Labute approximate surface area is 99.9 Å². The van der Waals surface area contributed by atoms with E-state index in [-0.39, 0.29) is 17.5 Å². The number of benzene rings is 2. The van der Waals surface area contributed by atoms with Gasteiger partial charge in [0, 0.05) is 0 Å². The molecule has 1 atom stereocenters. The molecule has 0 aliphatic carbocycles. The van der Waals surface area contributed by atoms with Crippen molar-refractivity contribution in [2.75, 3.05) is 0 Å². The summed E-state index contributed by atoms with van der Waals surface area (Å²) < 4.78 is 12.9. The Kier molecular flexibility index (Phi) is 3.33. The van der Waals surface area contributed by atoms with Gasteiger partial charge in [-0.05, 0) is 30.2 Å². The van der Waals surface area contributed by atoms with E-state index < -0.39 is 0 Å². The topological polar surface area (TPSA) is 17.1 Å². The van der Waals surface area contributed by atoms with Gasteiger partial charge in [0.25, 0.3) is 0 Å². The zero-order valence-corrected chi connectivity index (χ0v) is 9.56. The van der Waals surface area contributed by atoms with E-state index >= 15 is 0 Å². The number of hydrogen-bond acceptors (Lipinski definition) is 1. The highest BCUT2D eigenvalue weighted by molar-refractivity contribution is 5.86. The number of rotatable bonds is 3. The lowest BCUT2D eigenvalue weighted by Crippen LogP contribution is -2.10. The van der Waals surface area contributed by atoms with Crippen molar-refractivity contribution in [3.8, 4) is 0 Å². The van der Waals surface area contributed by atoms with Crippen molar-refractivity contribution in [3.05, 3.63) is 71.5 Å². The van der Waals surface area contributed by atoms with E-state index in [0.29, 0.717) is 0 Å². The maximum atomic E-state index is 12.9. The van der Waals surface area contributed by atoms with Gasteiger partial charge in [-0.1, -0.05) is 42.5 Å². The van der Waals surface area contributed by atoms with E-state index in [0.717, 1.165) is 11.1 Å².